The number of pyridine rings is 1. The third-order valence-corrected chi connectivity index (χ3v) is 3.52. The van der Waals surface area contributed by atoms with Gasteiger partial charge in [0.05, 0.1) is 6.04 Å². The molecule has 0 saturated heterocycles. The lowest BCUT2D eigenvalue weighted by atomic mass is 9.96. The molecular formula is C15H25N3O. The topological polar surface area (TPSA) is 68.0 Å². The van der Waals surface area contributed by atoms with Gasteiger partial charge in [0.25, 0.3) is 0 Å². The Balaban J connectivity index is 2.35. The van der Waals surface area contributed by atoms with Crippen LogP contribution in [0.25, 0.3) is 0 Å². The van der Waals surface area contributed by atoms with Gasteiger partial charge in [-0.1, -0.05) is 13.3 Å². The molecule has 1 aromatic rings. The summed E-state index contributed by atoms with van der Waals surface area (Å²) < 4.78 is 0. The molecule has 0 saturated carbocycles. The number of aromatic nitrogens is 1. The van der Waals surface area contributed by atoms with Crippen molar-refractivity contribution in [2.45, 2.75) is 45.6 Å². The molecule has 106 valence electrons. The van der Waals surface area contributed by atoms with Crippen molar-refractivity contribution in [1.29, 1.82) is 0 Å². The Bertz CT molecular complexity index is 367. The zero-order valence-electron chi connectivity index (χ0n) is 11.9. The summed E-state index contributed by atoms with van der Waals surface area (Å²) in [6.07, 6.45) is 7.07. The second-order valence-corrected chi connectivity index (χ2v) is 4.96. The second-order valence-electron chi connectivity index (χ2n) is 4.96. The van der Waals surface area contributed by atoms with Crippen LogP contribution in [0.2, 0.25) is 0 Å². The van der Waals surface area contributed by atoms with E-state index < -0.39 is 0 Å². The van der Waals surface area contributed by atoms with Gasteiger partial charge in [0.2, 0.25) is 5.91 Å². The number of amides is 1. The summed E-state index contributed by atoms with van der Waals surface area (Å²) in [5, 5.41) is 3.02. The van der Waals surface area contributed by atoms with Gasteiger partial charge in [0, 0.05) is 18.8 Å². The van der Waals surface area contributed by atoms with E-state index in [2.05, 4.69) is 17.2 Å². The minimum Gasteiger partial charge on any atom is -0.350 e. The minimum absolute atomic E-state index is 0.0325. The highest BCUT2D eigenvalue weighted by Gasteiger charge is 2.12. The van der Waals surface area contributed by atoms with Crippen LogP contribution in [0.4, 0.5) is 0 Å². The monoisotopic (exact) mass is 263 g/mol. The van der Waals surface area contributed by atoms with E-state index in [1.807, 2.05) is 19.1 Å². The van der Waals surface area contributed by atoms with Gasteiger partial charge in [-0.3, -0.25) is 9.78 Å². The molecule has 0 bridgehead atoms. The highest BCUT2D eigenvalue weighted by atomic mass is 16.1. The first-order valence-corrected chi connectivity index (χ1v) is 7.06. The first kappa shape index (κ1) is 15.6. The summed E-state index contributed by atoms with van der Waals surface area (Å²) in [6, 6.07) is 3.88. The summed E-state index contributed by atoms with van der Waals surface area (Å²) in [5.74, 6) is 0.673. The van der Waals surface area contributed by atoms with Crippen molar-refractivity contribution in [3.05, 3.63) is 30.1 Å². The number of nitrogens with one attached hydrogen (secondary N) is 1. The molecule has 0 aliphatic carbocycles. The summed E-state index contributed by atoms with van der Waals surface area (Å²) in [6.45, 7) is 4.84. The van der Waals surface area contributed by atoms with Gasteiger partial charge in [-0.2, -0.15) is 0 Å². The number of carbonyl (C=O) groups excluding carboxylic acids is 1. The van der Waals surface area contributed by atoms with Crippen LogP contribution in [0.1, 0.15) is 51.1 Å². The van der Waals surface area contributed by atoms with E-state index in [1.54, 1.807) is 12.4 Å². The molecule has 0 spiro atoms. The van der Waals surface area contributed by atoms with Crippen molar-refractivity contribution in [3.8, 4) is 0 Å². The fourth-order valence-electron chi connectivity index (χ4n) is 2.17. The van der Waals surface area contributed by atoms with Gasteiger partial charge in [0.15, 0.2) is 0 Å². The van der Waals surface area contributed by atoms with Crippen LogP contribution in [0.5, 0.6) is 0 Å². The molecule has 4 nitrogen and oxygen atoms in total. The van der Waals surface area contributed by atoms with Gasteiger partial charge in [-0.05, 0) is 49.9 Å². The molecule has 2 atom stereocenters. The number of nitrogens with zero attached hydrogens (tertiary/aromatic N) is 1. The standard InChI is InChI=1S/C15H25N3O/c1-3-13(6-9-16)4-5-15(19)18-12(2)14-7-10-17-11-8-14/h7-8,10-13H,3-6,9,16H2,1-2H3,(H,18,19)/t12-,13?/m0/s1. The molecule has 1 amide bonds. The molecule has 0 radical (unpaired) electrons. The normalized spacial score (nSPS) is 13.8. The Morgan fingerprint density at radius 2 is 2.05 bits per heavy atom. The fraction of sp³-hybridized carbons (Fsp3) is 0.600. The van der Waals surface area contributed by atoms with E-state index in [0.717, 1.165) is 24.8 Å². The number of nitrogens with two attached hydrogens (primary N) is 1. The molecule has 4 heteroatoms. The Morgan fingerprint density at radius 3 is 2.63 bits per heavy atom. The molecule has 19 heavy (non-hydrogen) atoms. The van der Waals surface area contributed by atoms with Crippen molar-refractivity contribution in [2.24, 2.45) is 11.7 Å². The predicted molar refractivity (Wildman–Crippen MR) is 77.5 cm³/mol. The molecule has 0 aliphatic heterocycles. The Hall–Kier alpha value is -1.42. The lowest BCUT2D eigenvalue weighted by Crippen LogP contribution is -2.27. The Morgan fingerprint density at radius 1 is 1.37 bits per heavy atom. The van der Waals surface area contributed by atoms with Gasteiger partial charge in [0.1, 0.15) is 0 Å². The van der Waals surface area contributed by atoms with Crippen LogP contribution in [0, 0.1) is 5.92 Å². The van der Waals surface area contributed by atoms with Crippen LogP contribution in [0.3, 0.4) is 0 Å². The van der Waals surface area contributed by atoms with Crippen LogP contribution < -0.4 is 11.1 Å². The lowest BCUT2D eigenvalue weighted by Gasteiger charge is -2.16. The SMILES string of the molecule is CCC(CCN)CCC(=O)N[C@@H](C)c1ccncc1. The predicted octanol–water partition coefficient (Wildman–Crippen LogP) is 2.41. The fourth-order valence-corrected chi connectivity index (χ4v) is 2.17. The lowest BCUT2D eigenvalue weighted by molar-refractivity contribution is -0.122. The van der Waals surface area contributed by atoms with Crippen molar-refractivity contribution < 1.29 is 4.79 Å². The van der Waals surface area contributed by atoms with Crippen LogP contribution >= 0.6 is 0 Å². The Labute approximate surface area is 115 Å². The first-order valence-electron chi connectivity index (χ1n) is 7.06. The largest absolute Gasteiger partial charge is 0.350 e. The van der Waals surface area contributed by atoms with Gasteiger partial charge < -0.3 is 11.1 Å². The molecule has 0 fully saturated rings. The highest BCUT2D eigenvalue weighted by Crippen LogP contribution is 2.15. The van der Waals surface area contributed by atoms with Gasteiger partial charge in [-0.25, -0.2) is 0 Å². The van der Waals surface area contributed by atoms with Crippen LogP contribution in [0.15, 0.2) is 24.5 Å². The summed E-state index contributed by atoms with van der Waals surface area (Å²) in [7, 11) is 0. The van der Waals surface area contributed by atoms with E-state index in [0.29, 0.717) is 18.9 Å². The molecule has 0 aromatic carbocycles. The average molecular weight is 263 g/mol. The average Bonchev–Trinajstić information content (AvgIpc) is 2.44. The number of rotatable bonds is 8. The Kier molecular flexibility index (Phi) is 7.11. The van der Waals surface area contributed by atoms with Crippen molar-refractivity contribution in [3.63, 3.8) is 0 Å². The molecule has 0 aliphatic rings. The van der Waals surface area contributed by atoms with Crippen molar-refractivity contribution in [2.75, 3.05) is 6.54 Å². The summed E-state index contributed by atoms with van der Waals surface area (Å²) in [5.41, 5.74) is 6.64. The van der Waals surface area contributed by atoms with E-state index in [9.17, 15) is 4.79 Å². The molecular weight excluding hydrogens is 238 g/mol. The van der Waals surface area contributed by atoms with Crippen LogP contribution in [-0.4, -0.2) is 17.4 Å². The molecule has 3 N–H and O–H groups in total. The van der Waals surface area contributed by atoms with Crippen LogP contribution in [-0.2, 0) is 4.79 Å². The number of carbonyl (C=O) groups is 1. The molecule has 1 unspecified atom stereocenters. The van der Waals surface area contributed by atoms with E-state index in [4.69, 9.17) is 5.73 Å². The zero-order chi connectivity index (χ0) is 14.1. The number of hydrogen-bond acceptors (Lipinski definition) is 3. The first-order chi connectivity index (χ1) is 9.17. The maximum atomic E-state index is 11.9. The van der Waals surface area contributed by atoms with E-state index in [1.165, 1.54) is 0 Å². The van der Waals surface area contributed by atoms with Gasteiger partial charge in [-0.15, -0.1) is 0 Å². The minimum atomic E-state index is 0.0325. The van der Waals surface area contributed by atoms with Gasteiger partial charge >= 0.3 is 0 Å². The second kappa shape index (κ2) is 8.64. The van der Waals surface area contributed by atoms with E-state index in [-0.39, 0.29) is 11.9 Å². The van der Waals surface area contributed by atoms with Crippen molar-refractivity contribution >= 4 is 5.91 Å². The molecule has 1 rings (SSSR count). The summed E-state index contributed by atoms with van der Waals surface area (Å²) >= 11 is 0. The summed E-state index contributed by atoms with van der Waals surface area (Å²) in [4.78, 5) is 15.9. The maximum Gasteiger partial charge on any atom is 0.220 e. The van der Waals surface area contributed by atoms with Crippen molar-refractivity contribution in [1.82, 2.24) is 10.3 Å². The number of hydrogen-bond donors (Lipinski definition) is 2. The maximum absolute atomic E-state index is 11.9. The zero-order valence-corrected chi connectivity index (χ0v) is 11.9. The quantitative estimate of drug-likeness (QED) is 0.757. The third kappa shape index (κ3) is 5.83. The third-order valence-electron chi connectivity index (χ3n) is 3.52. The van der Waals surface area contributed by atoms with E-state index >= 15 is 0 Å². The highest BCUT2D eigenvalue weighted by molar-refractivity contribution is 5.76. The molecule has 1 aromatic heterocycles. The molecule has 1 heterocycles. The smallest absolute Gasteiger partial charge is 0.220 e.